The van der Waals surface area contributed by atoms with E-state index >= 15 is 0 Å². The Balaban J connectivity index is 2.90. The molecule has 0 aliphatic carbocycles. The smallest absolute Gasteiger partial charge is 0.328 e. The molecule has 1 aromatic rings. The molecule has 6 nitrogen and oxygen atoms in total. The average molecular weight is 355 g/mol. The molecule has 7 heteroatoms. The van der Waals surface area contributed by atoms with Crippen molar-refractivity contribution in [1.29, 1.82) is 0 Å². The molecule has 1 aromatic carbocycles. The number of nitrogens with one attached hydrogen (secondary N) is 2. The van der Waals surface area contributed by atoms with Gasteiger partial charge >= 0.3 is 5.97 Å². The summed E-state index contributed by atoms with van der Waals surface area (Å²) in [6.45, 7) is 4.96. The molecule has 2 amide bonds. The first kappa shape index (κ1) is 20.0. The first-order valence-corrected chi connectivity index (χ1v) is 8.02. The number of esters is 1. The van der Waals surface area contributed by atoms with E-state index in [0.717, 1.165) is 5.56 Å². The third-order valence-electron chi connectivity index (χ3n) is 3.44. The number of hydrogen-bond acceptors (Lipinski definition) is 4. The van der Waals surface area contributed by atoms with E-state index in [4.69, 9.17) is 16.3 Å². The summed E-state index contributed by atoms with van der Waals surface area (Å²) < 4.78 is 4.76. The van der Waals surface area contributed by atoms with Crippen molar-refractivity contribution in [1.82, 2.24) is 10.6 Å². The lowest BCUT2D eigenvalue weighted by molar-refractivity contribution is -0.145. The van der Waals surface area contributed by atoms with E-state index in [2.05, 4.69) is 10.6 Å². The zero-order chi connectivity index (χ0) is 18.3. The van der Waals surface area contributed by atoms with Crippen LogP contribution in [0.1, 0.15) is 26.3 Å². The van der Waals surface area contributed by atoms with Gasteiger partial charge in [-0.3, -0.25) is 9.59 Å². The number of halogens is 1. The van der Waals surface area contributed by atoms with Gasteiger partial charge in [-0.25, -0.2) is 4.79 Å². The maximum absolute atomic E-state index is 12.4. The van der Waals surface area contributed by atoms with E-state index in [-0.39, 0.29) is 18.2 Å². The van der Waals surface area contributed by atoms with Gasteiger partial charge in [-0.2, -0.15) is 0 Å². The number of ether oxygens (including phenoxy) is 1. The molecule has 0 heterocycles. The number of benzene rings is 1. The average Bonchev–Trinajstić information content (AvgIpc) is 2.50. The molecule has 0 aromatic heterocycles. The molecule has 0 saturated heterocycles. The first-order valence-electron chi connectivity index (χ1n) is 7.64. The second kappa shape index (κ2) is 9.27. The number of rotatable bonds is 7. The Labute approximate surface area is 146 Å². The van der Waals surface area contributed by atoms with Crippen LogP contribution in [-0.4, -0.2) is 37.0 Å². The molecule has 0 aliphatic heterocycles. The third kappa shape index (κ3) is 6.20. The van der Waals surface area contributed by atoms with Gasteiger partial charge in [-0.15, -0.1) is 0 Å². The van der Waals surface area contributed by atoms with Crippen LogP contribution in [0.4, 0.5) is 0 Å². The number of amides is 2. The summed E-state index contributed by atoms with van der Waals surface area (Å²) >= 11 is 5.95. The van der Waals surface area contributed by atoms with Crippen molar-refractivity contribution in [2.45, 2.75) is 39.3 Å². The van der Waals surface area contributed by atoms with Crippen LogP contribution in [0.25, 0.3) is 0 Å². The Kier molecular flexibility index (Phi) is 7.71. The van der Waals surface area contributed by atoms with Crippen LogP contribution in [0.3, 0.4) is 0 Å². The molecular formula is C17H23ClN2O4. The minimum atomic E-state index is -0.865. The molecule has 0 fully saturated rings. The fourth-order valence-corrected chi connectivity index (χ4v) is 2.46. The first-order chi connectivity index (χ1) is 11.2. The zero-order valence-electron chi connectivity index (χ0n) is 14.3. The summed E-state index contributed by atoms with van der Waals surface area (Å²) in [5, 5.41) is 5.78. The Morgan fingerprint density at radius 2 is 1.88 bits per heavy atom. The quantitative estimate of drug-likeness (QED) is 0.730. The summed E-state index contributed by atoms with van der Waals surface area (Å²) in [6, 6.07) is 5.42. The SMILES string of the molecule is COC(=O)[C@@H](Cc1cccc(Cl)c1)NC(=O)[C@H](NC(C)=O)C(C)C. The van der Waals surface area contributed by atoms with Crippen LogP contribution in [-0.2, 0) is 25.5 Å². The molecule has 24 heavy (non-hydrogen) atoms. The van der Waals surface area contributed by atoms with Crippen molar-refractivity contribution in [3.05, 3.63) is 34.9 Å². The van der Waals surface area contributed by atoms with Gasteiger partial charge in [0.05, 0.1) is 7.11 Å². The van der Waals surface area contributed by atoms with Crippen LogP contribution in [0.2, 0.25) is 5.02 Å². The van der Waals surface area contributed by atoms with Crippen LogP contribution in [0.15, 0.2) is 24.3 Å². The standard InChI is InChI=1S/C17H23ClN2O4/c1-10(2)15(19-11(3)21)16(22)20-14(17(23)24-4)9-12-6-5-7-13(18)8-12/h5-8,10,14-15H,9H2,1-4H3,(H,19,21)(H,20,22)/t14-,15-/m1/s1. The number of carbonyl (C=O) groups is 3. The number of hydrogen-bond donors (Lipinski definition) is 2. The van der Waals surface area contributed by atoms with Gasteiger partial charge in [-0.1, -0.05) is 37.6 Å². The Morgan fingerprint density at radius 1 is 1.21 bits per heavy atom. The normalized spacial score (nSPS) is 13.1. The second-order valence-corrected chi connectivity index (χ2v) is 6.28. The van der Waals surface area contributed by atoms with Crippen LogP contribution < -0.4 is 10.6 Å². The van der Waals surface area contributed by atoms with Crippen LogP contribution in [0.5, 0.6) is 0 Å². The van der Waals surface area contributed by atoms with E-state index in [1.54, 1.807) is 18.2 Å². The molecule has 0 aliphatic rings. The monoisotopic (exact) mass is 354 g/mol. The summed E-state index contributed by atoms with van der Waals surface area (Å²) in [6.07, 6.45) is 0.240. The van der Waals surface area contributed by atoms with Crippen LogP contribution in [0, 0.1) is 5.92 Å². The minimum absolute atomic E-state index is 0.127. The maximum atomic E-state index is 12.4. The Morgan fingerprint density at radius 3 is 2.38 bits per heavy atom. The fraction of sp³-hybridized carbons (Fsp3) is 0.471. The highest BCUT2D eigenvalue weighted by Gasteiger charge is 2.28. The number of carbonyl (C=O) groups excluding carboxylic acids is 3. The van der Waals surface area contributed by atoms with Crippen molar-refractivity contribution >= 4 is 29.4 Å². The van der Waals surface area contributed by atoms with E-state index in [1.165, 1.54) is 14.0 Å². The maximum Gasteiger partial charge on any atom is 0.328 e. The van der Waals surface area contributed by atoms with Crippen LogP contribution >= 0.6 is 11.6 Å². The summed E-state index contributed by atoms with van der Waals surface area (Å²) in [5.41, 5.74) is 0.791. The fourth-order valence-electron chi connectivity index (χ4n) is 2.25. The lowest BCUT2D eigenvalue weighted by atomic mass is 10.0. The van der Waals surface area contributed by atoms with Crippen molar-refractivity contribution < 1.29 is 19.1 Å². The zero-order valence-corrected chi connectivity index (χ0v) is 15.0. The van der Waals surface area contributed by atoms with Gasteiger partial charge in [0, 0.05) is 18.4 Å². The van der Waals surface area contributed by atoms with Gasteiger partial charge in [0.15, 0.2) is 0 Å². The molecule has 2 atom stereocenters. The highest BCUT2D eigenvalue weighted by atomic mass is 35.5. The molecule has 1 rings (SSSR count). The van der Waals surface area contributed by atoms with E-state index in [1.807, 2.05) is 19.9 Å². The number of methoxy groups -OCH3 is 1. The van der Waals surface area contributed by atoms with Gasteiger partial charge in [0.2, 0.25) is 11.8 Å². The molecule has 132 valence electrons. The summed E-state index contributed by atoms with van der Waals surface area (Å²) in [4.78, 5) is 35.7. The largest absolute Gasteiger partial charge is 0.467 e. The van der Waals surface area contributed by atoms with Gasteiger partial charge in [0.1, 0.15) is 12.1 Å². The highest BCUT2D eigenvalue weighted by molar-refractivity contribution is 6.30. The second-order valence-electron chi connectivity index (χ2n) is 5.84. The molecule has 0 bridgehead atoms. The predicted molar refractivity (Wildman–Crippen MR) is 91.5 cm³/mol. The van der Waals surface area contributed by atoms with Gasteiger partial charge in [-0.05, 0) is 23.6 Å². The van der Waals surface area contributed by atoms with E-state index in [9.17, 15) is 14.4 Å². The summed E-state index contributed by atoms with van der Waals surface area (Å²) in [5.74, 6) is -1.43. The molecular weight excluding hydrogens is 332 g/mol. The van der Waals surface area contributed by atoms with E-state index < -0.39 is 24.0 Å². The van der Waals surface area contributed by atoms with Crippen molar-refractivity contribution in [3.8, 4) is 0 Å². The predicted octanol–water partition coefficient (Wildman–Crippen LogP) is 1.70. The minimum Gasteiger partial charge on any atom is -0.467 e. The van der Waals surface area contributed by atoms with Gasteiger partial charge in [0.25, 0.3) is 0 Å². The Hall–Kier alpha value is -2.08. The van der Waals surface area contributed by atoms with Gasteiger partial charge < -0.3 is 15.4 Å². The van der Waals surface area contributed by atoms with Crippen molar-refractivity contribution in [2.75, 3.05) is 7.11 Å². The molecule has 2 N–H and O–H groups in total. The molecule has 0 unspecified atom stereocenters. The highest BCUT2D eigenvalue weighted by Crippen LogP contribution is 2.13. The topological polar surface area (TPSA) is 84.5 Å². The third-order valence-corrected chi connectivity index (χ3v) is 3.67. The molecule has 0 saturated carbocycles. The lowest BCUT2D eigenvalue weighted by Gasteiger charge is -2.24. The lowest BCUT2D eigenvalue weighted by Crippen LogP contribution is -2.54. The molecule has 0 spiro atoms. The van der Waals surface area contributed by atoms with Crippen molar-refractivity contribution in [2.24, 2.45) is 5.92 Å². The van der Waals surface area contributed by atoms with Crippen molar-refractivity contribution in [3.63, 3.8) is 0 Å². The van der Waals surface area contributed by atoms with E-state index in [0.29, 0.717) is 5.02 Å². The summed E-state index contributed by atoms with van der Waals surface area (Å²) in [7, 11) is 1.26. The molecule has 0 radical (unpaired) electrons. The Bertz CT molecular complexity index is 604.